The number of fused-ring (bicyclic) bond motifs is 2. The second-order valence-electron chi connectivity index (χ2n) is 18.8. The quantitative estimate of drug-likeness (QED) is 0.0286. The van der Waals surface area contributed by atoms with E-state index in [1.54, 1.807) is 14.2 Å². The van der Waals surface area contributed by atoms with Crippen LogP contribution in [0.2, 0.25) is 0 Å². The first-order valence-corrected chi connectivity index (χ1v) is 24.6. The SMILES string of the molecule is COCCOCCCCC(CCCCOCCOC)N1C(=O)c2ccc3c4ccc5c6c(ccc(c7ccc(c2c37)C1=O)c64)C(=O)N(CCCCc1ccc2ccc3cccc4ccc1c2c34)C5=O. The van der Waals surface area contributed by atoms with E-state index in [9.17, 15) is 19.2 Å². The van der Waals surface area contributed by atoms with Gasteiger partial charge < -0.3 is 18.9 Å². The van der Waals surface area contributed by atoms with Crippen LogP contribution in [0.3, 0.4) is 0 Å². The van der Waals surface area contributed by atoms with Gasteiger partial charge in [0.05, 0.1) is 26.4 Å². The van der Waals surface area contributed by atoms with Gasteiger partial charge in [0, 0.05) is 73.0 Å². The molecule has 0 atom stereocenters. The third kappa shape index (κ3) is 7.74. The minimum absolute atomic E-state index is 0.280. The molecule has 69 heavy (non-hydrogen) atoms. The lowest BCUT2D eigenvalue weighted by atomic mass is 9.82. The highest BCUT2D eigenvalue weighted by Crippen LogP contribution is 2.47. The highest BCUT2D eigenvalue weighted by Gasteiger charge is 2.39. The van der Waals surface area contributed by atoms with Gasteiger partial charge in [-0.15, -0.1) is 0 Å². The number of hydrogen-bond donors (Lipinski definition) is 0. The van der Waals surface area contributed by atoms with Crippen LogP contribution in [-0.4, -0.2) is 99.9 Å². The number of aryl methyl sites for hydroxylation is 1. The third-order valence-corrected chi connectivity index (χ3v) is 14.8. The van der Waals surface area contributed by atoms with Crippen LogP contribution in [0, 0.1) is 0 Å². The third-order valence-electron chi connectivity index (χ3n) is 14.8. The number of hydrogen-bond acceptors (Lipinski definition) is 8. The Kier molecular flexibility index (Phi) is 12.4. The number of ether oxygens (including phenoxy) is 4. The molecule has 0 spiro atoms. The molecule has 0 aliphatic carbocycles. The van der Waals surface area contributed by atoms with Gasteiger partial charge in [0.15, 0.2) is 0 Å². The topological polar surface area (TPSA) is 112 Å². The maximum atomic E-state index is 14.7. The van der Waals surface area contributed by atoms with Crippen LogP contribution in [0.25, 0.3) is 75.4 Å². The molecule has 10 nitrogen and oxygen atoms in total. The molecule has 2 aliphatic heterocycles. The van der Waals surface area contributed by atoms with Gasteiger partial charge in [-0.3, -0.25) is 29.0 Å². The molecule has 2 heterocycles. The molecule has 9 aromatic rings. The van der Waals surface area contributed by atoms with Crippen molar-refractivity contribution in [3.05, 3.63) is 131 Å². The molecule has 11 rings (SSSR count). The van der Waals surface area contributed by atoms with E-state index in [0.29, 0.717) is 98.5 Å². The monoisotopic (exact) mass is 920 g/mol. The number of nitrogens with zero attached hydrogens (tertiary/aromatic N) is 2. The number of carbonyl (C=O) groups excluding carboxylic acids is 4. The molecule has 0 saturated heterocycles. The lowest BCUT2D eigenvalue weighted by molar-refractivity contribution is 0.0493. The Bertz CT molecular complexity index is 3300. The molecule has 10 heteroatoms. The molecule has 0 fully saturated rings. The van der Waals surface area contributed by atoms with Crippen LogP contribution in [-0.2, 0) is 25.4 Å². The van der Waals surface area contributed by atoms with E-state index in [2.05, 4.69) is 54.6 Å². The van der Waals surface area contributed by atoms with Crippen molar-refractivity contribution in [1.29, 1.82) is 0 Å². The minimum Gasteiger partial charge on any atom is -0.382 e. The van der Waals surface area contributed by atoms with Crippen molar-refractivity contribution >= 4 is 99.0 Å². The molecule has 350 valence electrons. The van der Waals surface area contributed by atoms with Crippen molar-refractivity contribution in [2.75, 3.05) is 60.4 Å². The van der Waals surface area contributed by atoms with Crippen molar-refractivity contribution in [1.82, 2.24) is 9.80 Å². The molecular formula is C59H56N2O8. The minimum atomic E-state index is -0.288. The predicted molar refractivity (Wildman–Crippen MR) is 273 cm³/mol. The second-order valence-corrected chi connectivity index (χ2v) is 18.8. The van der Waals surface area contributed by atoms with Gasteiger partial charge in [-0.05, 0) is 152 Å². The summed E-state index contributed by atoms with van der Waals surface area (Å²) in [5, 5.41) is 14.1. The van der Waals surface area contributed by atoms with E-state index >= 15 is 0 Å². The number of carbonyl (C=O) groups is 4. The highest BCUT2D eigenvalue weighted by atomic mass is 16.5. The molecule has 0 N–H and O–H groups in total. The van der Waals surface area contributed by atoms with E-state index in [-0.39, 0.29) is 29.7 Å². The molecule has 4 amide bonds. The lowest BCUT2D eigenvalue weighted by Crippen LogP contribution is -2.47. The standard InChI is InChI=1S/C59H56N2O8/c1-66-32-34-68-30-7-4-13-40(14-5-8-31-69-35-33-67-2)61-58(64)48-27-23-44-42-21-25-46-54-47(26-22-43(52(42)54)45-24-28-49(59(61)65)55(48)53(44)45)57(63)60(56(46)62)29-6-3-10-36-15-16-39-18-17-37-11-9-12-38-19-20-41(36)51(39)50(37)38/h9,11-12,15-28,40H,3-8,10,13-14,29-35H2,1-2H3. The zero-order chi connectivity index (χ0) is 47.2. The number of amides is 4. The maximum Gasteiger partial charge on any atom is 0.261 e. The van der Waals surface area contributed by atoms with Crippen LogP contribution in [0.4, 0.5) is 0 Å². The number of unbranched alkanes of at least 4 members (excludes halogenated alkanes) is 3. The Labute approximate surface area is 400 Å². The van der Waals surface area contributed by atoms with Crippen molar-refractivity contribution in [2.24, 2.45) is 0 Å². The zero-order valence-corrected chi connectivity index (χ0v) is 39.4. The second kappa shape index (κ2) is 19.1. The molecule has 9 aromatic carbocycles. The largest absolute Gasteiger partial charge is 0.382 e. The summed E-state index contributed by atoms with van der Waals surface area (Å²) in [7, 11) is 3.30. The first-order valence-electron chi connectivity index (χ1n) is 24.6. The predicted octanol–water partition coefficient (Wildman–Crippen LogP) is 11.9. The smallest absolute Gasteiger partial charge is 0.261 e. The van der Waals surface area contributed by atoms with Gasteiger partial charge in [-0.25, -0.2) is 0 Å². The van der Waals surface area contributed by atoms with Gasteiger partial charge in [-0.2, -0.15) is 0 Å². The van der Waals surface area contributed by atoms with Gasteiger partial charge >= 0.3 is 0 Å². The van der Waals surface area contributed by atoms with E-state index < -0.39 is 0 Å². The molecule has 0 unspecified atom stereocenters. The fourth-order valence-electron chi connectivity index (χ4n) is 11.5. The van der Waals surface area contributed by atoms with E-state index in [0.717, 1.165) is 70.8 Å². The zero-order valence-electron chi connectivity index (χ0n) is 39.4. The Morgan fingerprint density at radius 2 is 0.870 bits per heavy atom. The van der Waals surface area contributed by atoms with Crippen LogP contribution in [0.5, 0.6) is 0 Å². The Morgan fingerprint density at radius 3 is 1.39 bits per heavy atom. The summed E-state index contributed by atoms with van der Waals surface area (Å²) in [4.78, 5) is 61.1. The summed E-state index contributed by atoms with van der Waals surface area (Å²) in [6.07, 6.45) is 6.90. The summed E-state index contributed by atoms with van der Waals surface area (Å²) < 4.78 is 21.6. The van der Waals surface area contributed by atoms with Crippen LogP contribution < -0.4 is 0 Å². The molecular weight excluding hydrogens is 865 g/mol. The van der Waals surface area contributed by atoms with Crippen LogP contribution in [0.15, 0.2) is 103 Å². The number of methoxy groups -OCH3 is 2. The fraction of sp³-hybridized carbons (Fsp3) is 0.322. The van der Waals surface area contributed by atoms with Crippen molar-refractivity contribution < 1.29 is 38.1 Å². The average Bonchev–Trinajstić information content (AvgIpc) is 3.37. The maximum absolute atomic E-state index is 14.7. The number of rotatable bonds is 22. The molecule has 0 aromatic heterocycles. The average molecular weight is 921 g/mol. The summed E-state index contributed by atoms with van der Waals surface area (Å²) in [6.45, 7) is 3.62. The van der Waals surface area contributed by atoms with Crippen molar-refractivity contribution in [2.45, 2.75) is 63.8 Å². The summed E-state index contributed by atoms with van der Waals surface area (Å²) in [5.41, 5.74) is 3.32. The van der Waals surface area contributed by atoms with E-state index in [1.165, 1.54) is 47.7 Å². The van der Waals surface area contributed by atoms with Crippen LogP contribution in [0.1, 0.15) is 98.4 Å². The van der Waals surface area contributed by atoms with Crippen molar-refractivity contribution in [3.63, 3.8) is 0 Å². The first-order chi connectivity index (χ1) is 33.9. The molecule has 0 saturated carbocycles. The summed E-state index contributed by atoms with van der Waals surface area (Å²) >= 11 is 0. The fourth-order valence-corrected chi connectivity index (χ4v) is 11.5. The van der Waals surface area contributed by atoms with Crippen LogP contribution >= 0.6 is 0 Å². The highest BCUT2D eigenvalue weighted by molar-refractivity contribution is 6.41. The van der Waals surface area contributed by atoms with Gasteiger partial charge in [0.2, 0.25) is 0 Å². The van der Waals surface area contributed by atoms with E-state index in [4.69, 9.17) is 18.9 Å². The molecule has 2 aliphatic rings. The normalized spacial score (nSPS) is 14.1. The van der Waals surface area contributed by atoms with E-state index in [1.807, 2.05) is 48.5 Å². The number of benzene rings is 9. The first kappa shape index (κ1) is 44.9. The Hall–Kier alpha value is -6.56. The number of imide groups is 2. The Morgan fingerprint density at radius 1 is 0.406 bits per heavy atom. The van der Waals surface area contributed by atoms with Gasteiger partial charge in [-0.1, -0.05) is 78.9 Å². The molecule has 0 bridgehead atoms. The summed E-state index contributed by atoms with van der Waals surface area (Å²) in [6, 6.07) is 34.8. The van der Waals surface area contributed by atoms with Gasteiger partial charge in [0.1, 0.15) is 0 Å². The Balaban J connectivity index is 0.853. The summed E-state index contributed by atoms with van der Waals surface area (Å²) in [5.74, 6) is -1.12. The lowest BCUT2D eigenvalue weighted by Gasteiger charge is -2.35. The van der Waals surface area contributed by atoms with Crippen molar-refractivity contribution in [3.8, 4) is 0 Å². The van der Waals surface area contributed by atoms with Gasteiger partial charge in [0.25, 0.3) is 23.6 Å². The molecule has 0 radical (unpaired) electrons.